The van der Waals surface area contributed by atoms with Gasteiger partial charge in [0.2, 0.25) is 0 Å². The minimum absolute atomic E-state index is 0.0482. The number of aromatic nitrogens is 4. The van der Waals surface area contributed by atoms with Crippen molar-refractivity contribution in [1.82, 2.24) is 19.5 Å². The van der Waals surface area contributed by atoms with Gasteiger partial charge < -0.3 is 9.67 Å². The lowest BCUT2D eigenvalue weighted by atomic mass is 9.95. The van der Waals surface area contributed by atoms with E-state index in [2.05, 4.69) is 164 Å². The second-order valence-corrected chi connectivity index (χ2v) is 16.7. The number of rotatable bonds is 9. The van der Waals surface area contributed by atoms with Crippen molar-refractivity contribution in [1.29, 1.82) is 0 Å². The predicted molar refractivity (Wildman–Crippen MR) is 266 cm³/mol. The molecule has 0 saturated heterocycles. The molecule has 5 nitrogen and oxygen atoms in total. The van der Waals surface area contributed by atoms with Gasteiger partial charge in [-0.05, 0) is 76.0 Å². The lowest BCUT2D eigenvalue weighted by molar-refractivity contribution is 0.435. The average Bonchev–Trinajstić information content (AvgIpc) is 3.85. The number of fused-ring (bicyclic) bond motifs is 8. The molecular formula is C57H40N4OS. The first-order valence-corrected chi connectivity index (χ1v) is 22.0. The van der Waals surface area contributed by atoms with E-state index in [1.54, 1.807) is 17.4 Å². The van der Waals surface area contributed by atoms with E-state index >= 15 is 0 Å². The highest BCUT2D eigenvalue weighted by molar-refractivity contribution is 7.26. The number of thiophene rings is 1. The molecule has 3 aromatic heterocycles. The number of allylic oxidation sites excluding steroid dienone is 4. The summed E-state index contributed by atoms with van der Waals surface area (Å²) >= 11 is 1.75. The summed E-state index contributed by atoms with van der Waals surface area (Å²) < 4.78 is 4.77. The molecule has 300 valence electrons. The highest BCUT2D eigenvalue weighted by Gasteiger charge is 2.23. The summed E-state index contributed by atoms with van der Waals surface area (Å²) in [6, 6.07) is 60.0. The molecule has 8 aromatic carbocycles. The number of aliphatic hydroxyl groups is 1. The molecule has 0 fully saturated rings. The van der Waals surface area contributed by atoms with Crippen molar-refractivity contribution in [2.24, 2.45) is 0 Å². The van der Waals surface area contributed by atoms with Gasteiger partial charge in [0, 0.05) is 53.2 Å². The molecule has 11 rings (SSSR count). The van der Waals surface area contributed by atoms with Crippen molar-refractivity contribution < 1.29 is 5.11 Å². The van der Waals surface area contributed by atoms with Crippen LogP contribution in [-0.2, 0) is 0 Å². The monoisotopic (exact) mass is 828 g/mol. The maximum Gasteiger partial charge on any atom is 0.165 e. The first-order chi connectivity index (χ1) is 31.0. The Bertz CT molecular complexity index is 3610. The van der Waals surface area contributed by atoms with Crippen molar-refractivity contribution in [3.05, 3.63) is 223 Å². The molecule has 6 heteroatoms. The van der Waals surface area contributed by atoms with E-state index in [1.165, 1.54) is 47.8 Å². The second kappa shape index (κ2) is 15.8. The van der Waals surface area contributed by atoms with Crippen molar-refractivity contribution >= 4 is 86.1 Å². The fraction of sp³-hybridized carbons (Fsp3) is 0.0351. The van der Waals surface area contributed by atoms with Gasteiger partial charge in [0.05, 0.1) is 16.7 Å². The number of benzene rings is 8. The van der Waals surface area contributed by atoms with Crippen molar-refractivity contribution in [2.75, 3.05) is 0 Å². The lowest BCUT2D eigenvalue weighted by Gasteiger charge is -2.19. The zero-order valence-electron chi connectivity index (χ0n) is 34.5. The fourth-order valence-electron chi connectivity index (χ4n) is 8.90. The topological polar surface area (TPSA) is 63.8 Å². The number of nitrogens with zero attached hydrogens (tertiary/aromatic N) is 4. The molecule has 63 heavy (non-hydrogen) atoms. The molecule has 0 saturated carbocycles. The average molecular weight is 829 g/mol. The molecule has 0 bridgehead atoms. The smallest absolute Gasteiger partial charge is 0.165 e. The van der Waals surface area contributed by atoms with Gasteiger partial charge in [-0.1, -0.05) is 165 Å². The number of hydrogen-bond donors (Lipinski definition) is 1. The molecular weight excluding hydrogens is 789 g/mol. The Kier molecular flexibility index (Phi) is 9.56. The first-order valence-electron chi connectivity index (χ1n) is 21.2. The molecule has 0 aliphatic rings. The Balaban J connectivity index is 1.18. The second-order valence-electron chi connectivity index (χ2n) is 15.7. The molecule has 0 atom stereocenters. The molecule has 0 aliphatic carbocycles. The van der Waals surface area contributed by atoms with E-state index in [0.717, 1.165) is 55.7 Å². The van der Waals surface area contributed by atoms with Gasteiger partial charge in [-0.2, -0.15) is 0 Å². The summed E-state index contributed by atoms with van der Waals surface area (Å²) in [5.41, 5.74) is 7.84. The third-order valence-corrected chi connectivity index (χ3v) is 13.0. The summed E-state index contributed by atoms with van der Waals surface area (Å²) in [5, 5.41) is 19.8. The van der Waals surface area contributed by atoms with Crippen LogP contribution in [0.1, 0.15) is 30.3 Å². The van der Waals surface area contributed by atoms with E-state index < -0.39 is 0 Å². The minimum atomic E-state index is -0.0482. The quantitative estimate of drug-likeness (QED) is 0.116. The third kappa shape index (κ3) is 6.78. The summed E-state index contributed by atoms with van der Waals surface area (Å²) in [4.78, 5) is 15.8. The van der Waals surface area contributed by atoms with Gasteiger partial charge in [-0.15, -0.1) is 11.3 Å². The van der Waals surface area contributed by atoms with Crippen LogP contribution in [0.5, 0.6) is 0 Å². The standard InChI is InChI=1S/C57H40N4OS/c1-3-17-50(61-51-34-40-23-9-7-21-38(40)32-48(51)49-33-39-22-8-10-24-41(39)35-52(49)61)43-26-12-11-25-42(43)46(29-15-18-36(2)62)56-58-55(37-19-5-4-6-20-37)59-57(60-56)47-30-16-28-45-44-27-13-14-31-53(44)63-54(45)47/h4-35,62H,2-3H2,1H3/b18-15-,46-29+,50-17+. The molecule has 0 spiro atoms. The van der Waals surface area contributed by atoms with Gasteiger partial charge in [-0.3, -0.25) is 0 Å². The first kappa shape index (κ1) is 38.0. The zero-order chi connectivity index (χ0) is 42.4. The highest BCUT2D eigenvalue weighted by Crippen LogP contribution is 2.42. The van der Waals surface area contributed by atoms with Crippen LogP contribution >= 0.6 is 11.3 Å². The SMILES string of the molecule is C=C(O)/C=C\C=C(\c1nc(-c2ccccc2)nc(-c2cccc3c2sc2ccccc23)n1)c1ccccc1/C(=C\CC)n1c2cc3ccccc3cc2c2cc3ccccc3cc21. The normalized spacial score (nSPS) is 12.5. The molecule has 11 aromatic rings. The van der Waals surface area contributed by atoms with Crippen LogP contribution in [0.3, 0.4) is 0 Å². The Morgan fingerprint density at radius 1 is 0.603 bits per heavy atom. The zero-order valence-corrected chi connectivity index (χ0v) is 35.4. The molecule has 0 aliphatic heterocycles. The molecule has 0 amide bonds. The summed E-state index contributed by atoms with van der Waals surface area (Å²) in [7, 11) is 0. The van der Waals surface area contributed by atoms with E-state index in [-0.39, 0.29) is 5.76 Å². The van der Waals surface area contributed by atoms with Crippen LogP contribution in [0.15, 0.2) is 207 Å². The number of hydrogen-bond acceptors (Lipinski definition) is 5. The van der Waals surface area contributed by atoms with Gasteiger partial charge in [-0.25, -0.2) is 15.0 Å². The maximum absolute atomic E-state index is 10.3. The molecule has 1 N–H and O–H groups in total. The van der Waals surface area contributed by atoms with Crippen molar-refractivity contribution in [3.8, 4) is 22.8 Å². The van der Waals surface area contributed by atoms with Crippen molar-refractivity contribution in [2.45, 2.75) is 13.3 Å². The van der Waals surface area contributed by atoms with Crippen molar-refractivity contribution in [3.63, 3.8) is 0 Å². The van der Waals surface area contributed by atoms with Crippen LogP contribution in [-0.4, -0.2) is 24.6 Å². The van der Waals surface area contributed by atoms with Crippen LogP contribution in [0, 0.1) is 0 Å². The Hall–Kier alpha value is -7.93. The Morgan fingerprint density at radius 2 is 1.19 bits per heavy atom. The Morgan fingerprint density at radius 3 is 1.87 bits per heavy atom. The maximum atomic E-state index is 10.3. The highest BCUT2D eigenvalue weighted by atomic mass is 32.1. The van der Waals surface area contributed by atoms with Crippen LogP contribution in [0.4, 0.5) is 0 Å². The van der Waals surface area contributed by atoms with Gasteiger partial charge in [0.1, 0.15) is 5.76 Å². The summed E-state index contributed by atoms with van der Waals surface area (Å²) in [6.07, 6.45) is 8.50. The van der Waals surface area contributed by atoms with Crippen LogP contribution in [0.25, 0.3) is 97.6 Å². The van der Waals surface area contributed by atoms with Gasteiger partial charge >= 0.3 is 0 Å². The van der Waals surface area contributed by atoms with Gasteiger partial charge in [0.15, 0.2) is 17.5 Å². The van der Waals surface area contributed by atoms with E-state index in [9.17, 15) is 5.11 Å². The van der Waals surface area contributed by atoms with Gasteiger partial charge in [0.25, 0.3) is 0 Å². The molecule has 3 heterocycles. The van der Waals surface area contributed by atoms with Crippen LogP contribution in [0.2, 0.25) is 0 Å². The molecule has 0 radical (unpaired) electrons. The van der Waals surface area contributed by atoms with Crippen LogP contribution < -0.4 is 0 Å². The van der Waals surface area contributed by atoms with E-state index in [0.29, 0.717) is 17.5 Å². The lowest BCUT2D eigenvalue weighted by Crippen LogP contribution is -2.07. The predicted octanol–water partition coefficient (Wildman–Crippen LogP) is 15.3. The fourth-order valence-corrected chi connectivity index (χ4v) is 10.1. The third-order valence-electron chi connectivity index (χ3n) is 11.7. The van der Waals surface area contributed by atoms with E-state index in [1.807, 2.05) is 42.5 Å². The number of aliphatic hydroxyl groups excluding tert-OH is 1. The minimum Gasteiger partial charge on any atom is -0.509 e. The van der Waals surface area contributed by atoms with E-state index in [4.69, 9.17) is 15.0 Å². The Labute approximate surface area is 368 Å². The largest absolute Gasteiger partial charge is 0.509 e. The molecule has 0 unspecified atom stereocenters. The summed E-state index contributed by atoms with van der Waals surface area (Å²) in [6.45, 7) is 5.93. The summed E-state index contributed by atoms with van der Waals surface area (Å²) in [5.74, 6) is 1.61.